The molecule has 0 radical (unpaired) electrons. The van der Waals surface area contributed by atoms with E-state index in [-0.39, 0.29) is 6.61 Å². The SMILES string of the molecule is Cc1nc2cc(NCCO)ccc2o1. The predicted molar refractivity (Wildman–Crippen MR) is 54.3 cm³/mol. The number of nitrogens with zero attached hydrogens (tertiary/aromatic N) is 1. The second-order valence-electron chi connectivity index (χ2n) is 3.07. The number of aryl methyl sites for hydroxylation is 1. The van der Waals surface area contributed by atoms with Crippen LogP contribution in [0.2, 0.25) is 0 Å². The van der Waals surface area contributed by atoms with Crippen LogP contribution in [0, 0.1) is 6.92 Å². The van der Waals surface area contributed by atoms with E-state index in [1.807, 2.05) is 25.1 Å². The van der Waals surface area contributed by atoms with Crippen molar-refractivity contribution in [2.75, 3.05) is 18.5 Å². The Morgan fingerprint density at radius 3 is 3.14 bits per heavy atom. The highest BCUT2D eigenvalue weighted by atomic mass is 16.3. The molecule has 2 N–H and O–H groups in total. The Bertz CT molecular complexity index is 437. The lowest BCUT2D eigenvalue weighted by Crippen LogP contribution is -2.04. The van der Waals surface area contributed by atoms with Crippen LogP contribution in [0.4, 0.5) is 5.69 Å². The van der Waals surface area contributed by atoms with Crippen molar-refractivity contribution in [3.8, 4) is 0 Å². The highest BCUT2D eigenvalue weighted by Gasteiger charge is 2.02. The zero-order chi connectivity index (χ0) is 9.97. The average Bonchev–Trinajstić information content (AvgIpc) is 2.54. The molecule has 0 aliphatic rings. The molecule has 0 saturated carbocycles. The molecule has 74 valence electrons. The third-order valence-electron chi connectivity index (χ3n) is 1.94. The maximum atomic E-state index is 8.65. The summed E-state index contributed by atoms with van der Waals surface area (Å²) in [5, 5.41) is 11.7. The Morgan fingerprint density at radius 1 is 1.50 bits per heavy atom. The van der Waals surface area contributed by atoms with Gasteiger partial charge >= 0.3 is 0 Å². The van der Waals surface area contributed by atoms with E-state index >= 15 is 0 Å². The summed E-state index contributed by atoms with van der Waals surface area (Å²) in [4.78, 5) is 4.21. The number of aliphatic hydroxyl groups is 1. The quantitative estimate of drug-likeness (QED) is 0.774. The summed E-state index contributed by atoms with van der Waals surface area (Å²) in [5.41, 5.74) is 2.57. The first-order valence-corrected chi connectivity index (χ1v) is 4.51. The monoisotopic (exact) mass is 192 g/mol. The van der Waals surface area contributed by atoms with Gasteiger partial charge < -0.3 is 14.8 Å². The minimum atomic E-state index is 0.121. The lowest BCUT2D eigenvalue weighted by molar-refractivity contribution is 0.311. The molecule has 4 heteroatoms. The standard InChI is InChI=1S/C10H12N2O2/c1-7-12-9-6-8(11-4-5-13)2-3-10(9)14-7/h2-3,6,11,13H,4-5H2,1H3. The lowest BCUT2D eigenvalue weighted by Gasteiger charge is -2.02. The number of fused-ring (bicyclic) bond motifs is 1. The molecule has 0 aliphatic heterocycles. The summed E-state index contributed by atoms with van der Waals surface area (Å²) in [6, 6.07) is 5.68. The summed E-state index contributed by atoms with van der Waals surface area (Å²) >= 11 is 0. The minimum Gasteiger partial charge on any atom is -0.441 e. The second kappa shape index (κ2) is 3.67. The number of oxazole rings is 1. The molecule has 2 rings (SSSR count). The Kier molecular flexibility index (Phi) is 2.37. The van der Waals surface area contributed by atoms with E-state index in [9.17, 15) is 0 Å². The second-order valence-corrected chi connectivity index (χ2v) is 3.07. The van der Waals surface area contributed by atoms with Gasteiger partial charge in [0.05, 0.1) is 6.61 Å². The van der Waals surface area contributed by atoms with Crippen LogP contribution in [-0.4, -0.2) is 23.2 Å². The van der Waals surface area contributed by atoms with E-state index in [4.69, 9.17) is 9.52 Å². The van der Waals surface area contributed by atoms with Crippen LogP contribution in [0.5, 0.6) is 0 Å². The van der Waals surface area contributed by atoms with Gasteiger partial charge in [0.1, 0.15) is 5.52 Å². The predicted octanol–water partition coefficient (Wildman–Crippen LogP) is 1.54. The molecule has 14 heavy (non-hydrogen) atoms. The van der Waals surface area contributed by atoms with E-state index in [1.54, 1.807) is 0 Å². The zero-order valence-corrected chi connectivity index (χ0v) is 7.95. The van der Waals surface area contributed by atoms with Gasteiger partial charge in [-0.2, -0.15) is 0 Å². The molecule has 0 saturated heterocycles. The van der Waals surface area contributed by atoms with Crippen molar-refractivity contribution in [3.05, 3.63) is 24.1 Å². The summed E-state index contributed by atoms with van der Waals surface area (Å²) < 4.78 is 5.34. The minimum absolute atomic E-state index is 0.121. The van der Waals surface area contributed by atoms with E-state index in [0.717, 1.165) is 16.8 Å². The first kappa shape index (κ1) is 9.02. The molecule has 0 fully saturated rings. The third kappa shape index (κ3) is 1.70. The Balaban J connectivity index is 2.31. The van der Waals surface area contributed by atoms with E-state index < -0.39 is 0 Å². The van der Waals surface area contributed by atoms with Gasteiger partial charge in [0.2, 0.25) is 0 Å². The van der Waals surface area contributed by atoms with Crippen molar-refractivity contribution in [3.63, 3.8) is 0 Å². The van der Waals surface area contributed by atoms with Gasteiger partial charge in [-0.1, -0.05) is 0 Å². The Labute approximate surface area is 81.6 Å². The number of hydrogen-bond acceptors (Lipinski definition) is 4. The number of anilines is 1. The summed E-state index contributed by atoms with van der Waals surface area (Å²) in [6.07, 6.45) is 0. The van der Waals surface area contributed by atoms with E-state index in [0.29, 0.717) is 12.4 Å². The van der Waals surface area contributed by atoms with Crippen LogP contribution >= 0.6 is 0 Å². The van der Waals surface area contributed by atoms with Gasteiger partial charge in [-0.05, 0) is 18.2 Å². The number of rotatable bonds is 3. The summed E-state index contributed by atoms with van der Waals surface area (Å²) in [5.74, 6) is 0.666. The van der Waals surface area contributed by atoms with E-state index in [2.05, 4.69) is 10.3 Å². The Morgan fingerprint density at radius 2 is 2.36 bits per heavy atom. The van der Waals surface area contributed by atoms with Crippen LogP contribution in [0.25, 0.3) is 11.1 Å². The molecule has 2 aromatic rings. The largest absolute Gasteiger partial charge is 0.441 e. The molecular weight excluding hydrogens is 180 g/mol. The van der Waals surface area contributed by atoms with Gasteiger partial charge in [-0.3, -0.25) is 0 Å². The summed E-state index contributed by atoms with van der Waals surface area (Å²) in [7, 11) is 0. The fourth-order valence-corrected chi connectivity index (χ4v) is 1.35. The molecule has 0 bridgehead atoms. The average molecular weight is 192 g/mol. The fourth-order valence-electron chi connectivity index (χ4n) is 1.35. The van der Waals surface area contributed by atoms with Crippen molar-refractivity contribution in [1.82, 2.24) is 4.98 Å². The number of benzene rings is 1. The molecule has 1 aromatic heterocycles. The Hall–Kier alpha value is -1.55. The molecular formula is C10H12N2O2. The van der Waals surface area contributed by atoms with Crippen molar-refractivity contribution >= 4 is 16.8 Å². The van der Waals surface area contributed by atoms with Crippen LogP contribution in [0.15, 0.2) is 22.6 Å². The maximum Gasteiger partial charge on any atom is 0.192 e. The summed E-state index contributed by atoms with van der Waals surface area (Å²) in [6.45, 7) is 2.49. The normalized spacial score (nSPS) is 10.7. The maximum absolute atomic E-state index is 8.65. The van der Waals surface area contributed by atoms with Gasteiger partial charge in [0.15, 0.2) is 11.5 Å². The molecule has 0 aliphatic carbocycles. The number of hydrogen-bond donors (Lipinski definition) is 2. The third-order valence-corrected chi connectivity index (χ3v) is 1.94. The molecule has 0 spiro atoms. The molecule has 0 atom stereocenters. The topological polar surface area (TPSA) is 58.3 Å². The molecule has 0 amide bonds. The van der Waals surface area contributed by atoms with Gasteiger partial charge in [-0.25, -0.2) is 4.98 Å². The van der Waals surface area contributed by atoms with Crippen molar-refractivity contribution in [2.24, 2.45) is 0 Å². The molecule has 1 aromatic carbocycles. The zero-order valence-electron chi connectivity index (χ0n) is 7.95. The van der Waals surface area contributed by atoms with Crippen molar-refractivity contribution < 1.29 is 9.52 Å². The van der Waals surface area contributed by atoms with Crippen molar-refractivity contribution in [2.45, 2.75) is 6.92 Å². The van der Waals surface area contributed by atoms with Crippen LogP contribution in [-0.2, 0) is 0 Å². The number of nitrogens with one attached hydrogen (secondary N) is 1. The first-order valence-electron chi connectivity index (χ1n) is 4.51. The van der Waals surface area contributed by atoms with Crippen LogP contribution in [0.3, 0.4) is 0 Å². The van der Waals surface area contributed by atoms with Crippen molar-refractivity contribution in [1.29, 1.82) is 0 Å². The highest BCUT2D eigenvalue weighted by Crippen LogP contribution is 2.19. The highest BCUT2D eigenvalue weighted by molar-refractivity contribution is 5.77. The fraction of sp³-hybridized carbons (Fsp3) is 0.300. The number of aliphatic hydroxyl groups excluding tert-OH is 1. The first-order chi connectivity index (χ1) is 6.79. The molecule has 0 unspecified atom stereocenters. The smallest absolute Gasteiger partial charge is 0.192 e. The molecule has 1 heterocycles. The van der Waals surface area contributed by atoms with E-state index in [1.165, 1.54) is 0 Å². The van der Waals surface area contributed by atoms with Gasteiger partial charge in [0.25, 0.3) is 0 Å². The van der Waals surface area contributed by atoms with Crippen LogP contribution in [0.1, 0.15) is 5.89 Å². The van der Waals surface area contributed by atoms with Crippen LogP contribution < -0.4 is 5.32 Å². The lowest BCUT2D eigenvalue weighted by atomic mass is 10.3. The molecule has 4 nitrogen and oxygen atoms in total. The van der Waals surface area contributed by atoms with Gasteiger partial charge in [0, 0.05) is 19.2 Å². The van der Waals surface area contributed by atoms with Gasteiger partial charge in [-0.15, -0.1) is 0 Å². The number of aromatic nitrogens is 1.